The molecule has 0 radical (unpaired) electrons. The molecule has 204 valence electrons. The number of aliphatic hydroxyl groups excluding tert-OH is 1. The highest BCUT2D eigenvalue weighted by molar-refractivity contribution is 5.93. The zero-order valence-electron chi connectivity index (χ0n) is 20.7. The van der Waals surface area contributed by atoms with Gasteiger partial charge in [0.1, 0.15) is 6.61 Å². The van der Waals surface area contributed by atoms with Gasteiger partial charge in [-0.2, -0.15) is 0 Å². The molecule has 3 amide bonds. The Morgan fingerprint density at radius 2 is 1.89 bits per heavy atom. The molecule has 2 aliphatic heterocycles. The second kappa shape index (κ2) is 11.0. The van der Waals surface area contributed by atoms with Gasteiger partial charge >= 0.3 is 6.36 Å². The largest absolute Gasteiger partial charge is 0.522 e. The van der Waals surface area contributed by atoms with E-state index in [1.807, 2.05) is 0 Å². The summed E-state index contributed by atoms with van der Waals surface area (Å²) in [5.41, 5.74) is -0.622. The van der Waals surface area contributed by atoms with Crippen molar-refractivity contribution < 1.29 is 42.2 Å². The Bertz CT molecular complexity index is 862. The fourth-order valence-electron chi connectivity index (χ4n) is 5.46. The van der Waals surface area contributed by atoms with E-state index in [-0.39, 0.29) is 24.2 Å². The third-order valence-electron chi connectivity index (χ3n) is 7.01. The van der Waals surface area contributed by atoms with Gasteiger partial charge in [0.15, 0.2) is 12.0 Å². The number of likely N-dealkylation sites (tertiary alicyclic amines) is 1. The van der Waals surface area contributed by atoms with Gasteiger partial charge in [-0.05, 0) is 58.3 Å². The summed E-state index contributed by atoms with van der Waals surface area (Å²) < 4.78 is 41.3. The predicted molar refractivity (Wildman–Crippen MR) is 120 cm³/mol. The SMILES string of the molecule is CC(C)(C)NC(=O)C(O)N1CC2CCC[C@@H]2C1C(=O)N[C@@H](C[C@@H]1CCNC1=O)C(=O)COC(F)(F)F. The summed E-state index contributed by atoms with van der Waals surface area (Å²) in [4.78, 5) is 52.2. The molecule has 3 aliphatic rings. The zero-order chi connectivity index (χ0) is 26.8. The van der Waals surface area contributed by atoms with Crippen molar-refractivity contribution in [2.45, 2.75) is 83.1 Å². The Balaban J connectivity index is 1.78. The third kappa shape index (κ3) is 7.16. The van der Waals surface area contributed by atoms with E-state index in [2.05, 4.69) is 20.7 Å². The number of fused-ring (bicyclic) bond motifs is 1. The summed E-state index contributed by atoms with van der Waals surface area (Å²) in [5.74, 6) is -3.47. The summed E-state index contributed by atoms with van der Waals surface area (Å²) in [6.07, 6.45) is -4.10. The number of halogens is 3. The average molecular weight is 521 g/mol. The average Bonchev–Trinajstić information content (AvgIpc) is 3.45. The number of ether oxygens (including phenoxy) is 1. The molecule has 6 atom stereocenters. The van der Waals surface area contributed by atoms with E-state index in [0.29, 0.717) is 25.9 Å². The normalized spacial score (nSPS) is 28.4. The number of hydrogen-bond donors (Lipinski definition) is 4. The highest BCUT2D eigenvalue weighted by atomic mass is 19.4. The number of carbonyl (C=O) groups excluding carboxylic acids is 4. The molecular weight excluding hydrogens is 485 g/mol. The number of amides is 3. The van der Waals surface area contributed by atoms with E-state index in [1.165, 1.54) is 4.90 Å². The molecule has 0 aromatic rings. The van der Waals surface area contributed by atoms with E-state index in [0.717, 1.165) is 12.8 Å². The van der Waals surface area contributed by atoms with E-state index < -0.39 is 60.3 Å². The molecular formula is C23H35F3N4O6. The Morgan fingerprint density at radius 1 is 1.19 bits per heavy atom. The second-order valence-corrected chi connectivity index (χ2v) is 10.9. The molecule has 36 heavy (non-hydrogen) atoms. The maximum Gasteiger partial charge on any atom is 0.522 e. The smallest absolute Gasteiger partial charge is 0.370 e. The lowest BCUT2D eigenvalue weighted by Gasteiger charge is -2.33. The summed E-state index contributed by atoms with van der Waals surface area (Å²) in [7, 11) is 0. The fraction of sp³-hybridized carbons (Fsp3) is 0.826. The molecule has 3 fully saturated rings. The van der Waals surface area contributed by atoms with E-state index in [4.69, 9.17) is 0 Å². The Labute approximate surface area is 207 Å². The van der Waals surface area contributed by atoms with Crippen molar-refractivity contribution in [1.29, 1.82) is 0 Å². The maximum absolute atomic E-state index is 13.5. The number of carbonyl (C=O) groups is 4. The molecule has 3 unspecified atom stereocenters. The van der Waals surface area contributed by atoms with Crippen molar-refractivity contribution in [2.75, 3.05) is 19.7 Å². The number of alkyl halides is 3. The first-order valence-electron chi connectivity index (χ1n) is 12.2. The zero-order valence-corrected chi connectivity index (χ0v) is 20.7. The van der Waals surface area contributed by atoms with Crippen LogP contribution in [0, 0.1) is 17.8 Å². The maximum atomic E-state index is 13.5. The quantitative estimate of drug-likeness (QED) is 0.346. The van der Waals surface area contributed by atoms with Gasteiger partial charge in [0.05, 0.1) is 12.1 Å². The molecule has 0 aromatic heterocycles. The van der Waals surface area contributed by atoms with Crippen LogP contribution in [0.5, 0.6) is 0 Å². The second-order valence-electron chi connectivity index (χ2n) is 10.9. The van der Waals surface area contributed by atoms with Crippen LogP contribution in [-0.4, -0.2) is 83.4 Å². The molecule has 10 nitrogen and oxygen atoms in total. The molecule has 3 rings (SSSR count). The number of Topliss-reactive ketones (excluding diaryl/α,β-unsaturated/α-hetero) is 1. The first-order chi connectivity index (χ1) is 16.7. The minimum absolute atomic E-state index is 0.0566. The highest BCUT2D eigenvalue weighted by Gasteiger charge is 2.51. The molecule has 13 heteroatoms. The Morgan fingerprint density at radius 3 is 2.47 bits per heavy atom. The van der Waals surface area contributed by atoms with Crippen molar-refractivity contribution in [3.63, 3.8) is 0 Å². The number of hydrogen-bond acceptors (Lipinski definition) is 7. The predicted octanol–water partition coefficient (Wildman–Crippen LogP) is 0.437. The molecule has 2 heterocycles. The lowest BCUT2D eigenvalue weighted by molar-refractivity contribution is -0.321. The van der Waals surface area contributed by atoms with E-state index in [1.54, 1.807) is 20.8 Å². The van der Waals surface area contributed by atoms with Crippen molar-refractivity contribution in [3.8, 4) is 0 Å². The van der Waals surface area contributed by atoms with Gasteiger partial charge in [-0.25, -0.2) is 0 Å². The molecule has 4 N–H and O–H groups in total. The molecule has 2 saturated heterocycles. The minimum Gasteiger partial charge on any atom is -0.370 e. The molecule has 1 aliphatic carbocycles. The van der Waals surface area contributed by atoms with Gasteiger partial charge < -0.3 is 21.1 Å². The topological polar surface area (TPSA) is 137 Å². The van der Waals surface area contributed by atoms with Crippen molar-refractivity contribution in [2.24, 2.45) is 17.8 Å². The van der Waals surface area contributed by atoms with Gasteiger partial charge in [0.2, 0.25) is 11.8 Å². The lowest BCUT2D eigenvalue weighted by Crippen LogP contribution is -2.58. The van der Waals surface area contributed by atoms with Crippen LogP contribution in [0.1, 0.15) is 52.9 Å². The summed E-state index contributed by atoms with van der Waals surface area (Å²) >= 11 is 0. The van der Waals surface area contributed by atoms with Crippen LogP contribution < -0.4 is 16.0 Å². The van der Waals surface area contributed by atoms with Crippen LogP contribution in [0.15, 0.2) is 0 Å². The van der Waals surface area contributed by atoms with Crippen LogP contribution in [0.4, 0.5) is 13.2 Å². The van der Waals surface area contributed by atoms with E-state index >= 15 is 0 Å². The molecule has 0 aromatic carbocycles. The van der Waals surface area contributed by atoms with Gasteiger partial charge in [0, 0.05) is 24.5 Å². The minimum atomic E-state index is -5.03. The van der Waals surface area contributed by atoms with Crippen LogP contribution in [0.25, 0.3) is 0 Å². The number of aliphatic hydroxyl groups is 1. The number of rotatable bonds is 9. The van der Waals surface area contributed by atoms with Crippen molar-refractivity contribution in [1.82, 2.24) is 20.9 Å². The fourth-order valence-corrected chi connectivity index (χ4v) is 5.46. The van der Waals surface area contributed by atoms with E-state index in [9.17, 15) is 37.5 Å². The first kappa shape index (κ1) is 28.3. The van der Waals surface area contributed by atoms with Crippen LogP contribution in [0.3, 0.4) is 0 Å². The number of nitrogens with one attached hydrogen (secondary N) is 3. The van der Waals surface area contributed by atoms with Crippen LogP contribution >= 0.6 is 0 Å². The lowest BCUT2D eigenvalue weighted by atomic mass is 9.92. The van der Waals surface area contributed by atoms with Gasteiger partial charge in [-0.1, -0.05) is 6.42 Å². The molecule has 0 spiro atoms. The van der Waals surface area contributed by atoms with Crippen LogP contribution in [0.2, 0.25) is 0 Å². The van der Waals surface area contributed by atoms with Crippen LogP contribution in [-0.2, 0) is 23.9 Å². The third-order valence-corrected chi connectivity index (χ3v) is 7.01. The molecule has 0 bridgehead atoms. The summed E-state index contributed by atoms with van der Waals surface area (Å²) in [6.45, 7) is 4.60. The van der Waals surface area contributed by atoms with Gasteiger partial charge in [-0.15, -0.1) is 13.2 Å². The van der Waals surface area contributed by atoms with Gasteiger partial charge in [0.25, 0.3) is 5.91 Å². The number of nitrogens with zero attached hydrogens (tertiary/aromatic N) is 1. The standard InChI is InChI=1S/C23H35F3N4O6/c1-22(2,3)29-20(34)21(35)30-10-13-5-4-6-14(13)17(30)19(33)28-15(9-12-7-8-27-18(12)32)16(31)11-36-23(24,25)26/h12-15,17,21,35H,4-11H2,1-3H3,(H,27,32)(H,28,33)(H,29,34)/t12-,13?,14-,15-,17?,21?/m0/s1. The first-order valence-corrected chi connectivity index (χ1v) is 12.2. The summed E-state index contributed by atoms with van der Waals surface area (Å²) in [5, 5.41) is 18.6. The number of ketones is 1. The highest BCUT2D eigenvalue weighted by Crippen LogP contribution is 2.43. The molecule has 1 saturated carbocycles. The Kier molecular flexibility index (Phi) is 8.67. The Hall–Kier alpha value is -2.25. The summed E-state index contributed by atoms with van der Waals surface area (Å²) in [6, 6.07) is -2.34. The monoisotopic (exact) mass is 520 g/mol. The van der Waals surface area contributed by atoms with Gasteiger partial charge in [-0.3, -0.25) is 28.8 Å². The van der Waals surface area contributed by atoms with Crippen molar-refractivity contribution in [3.05, 3.63) is 0 Å². The van der Waals surface area contributed by atoms with Crippen molar-refractivity contribution >= 4 is 23.5 Å².